The third kappa shape index (κ3) is 4.55. The van der Waals surface area contributed by atoms with Crippen molar-refractivity contribution in [3.05, 3.63) is 81.6 Å². The summed E-state index contributed by atoms with van der Waals surface area (Å²) in [7, 11) is 0. The van der Waals surface area contributed by atoms with E-state index in [0.717, 1.165) is 17.1 Å². The van der Waals surface area contributed by atoms with Crippen molar-refractivity contribution in [3.8, 4) is 5.69 Å². The zero-order valence-electron chi connectivity index (χ0n) is 15.3. The third-order valence-corrected chi connectivity index (χ3v) is 4.70. The van der Waals surface area contributed by atoms with Gasteiger partial charge in [0.1, 0.15) is 0 Å². The van der Waals surface area contributed by atoms with Crippen molar-refractivity contribution in [1.82, 2.24) is 4.57 Å². The van der Waals surface area contributed by atoms with Gasteiger partial charge in [-0.25, -0.2) is 4.79 Å². The molecule has 0 saturated carbocycles. The van der Waals surface area contributed by atoms with Crippen molar-refractivity contribution in [2.45, 2.75) is 13.8 Å². The van der Waals surface area contributed by atoms with Crippen LogP contribution in [0.15, 0.2) is 54.6 Å². The molecule has 28 heavy (non-hydrogen) atoms. The van der Waals surface area contributed by atoms with E-state index in [2.05, 4.69) is 5.32 Å². The highest BCUT2D eigenvalue weighted by Gasteiger charge is 2.13. The Morgan fingerprint density at radius 1 is 1.00 bits per heavy atom. The fourth-order valence-corrected chi connectivity index (χ4v) is 3.29. The molecule has 1 N–H and O–H groups in total. The van der Waals surface area contributed by atoms with Crippen molar-refractivity contribution >= 4 is 40.8 Å². The van der Waals surface area contributed by atoms with Crippen LogP contribution in [-0.4, -0.2) is 23.1 Å². The van der Waals surface area contributed by atoms with Crippen LogP contribution in [0.1, 0.15) is 21.7 Å². The Hall–Kier alpha value is -2.76. The van der Waals surface area contributed by atoms with Crippen LogP contribution in [0.25, 0.3) is 5.69 Å². The van der Waals surface area contributed by atoms with E-state index < -0.39 is 18.5 Å². The molecule has 3 aromatic rings. The van der Waals surface area contributed by atoms with Gasteiger partial charge >= 0.3 is 5.97 Å². The van der Waals surface area contributed by atoms with Gasteiger partial charge in [-0.2, -0.15) is 0 Å². The van der Waals surface area contributed by atoms with E-state index in [9.17, 15) is 9.59 Å². The maximum Gasteiger partial charge on any atom is 0.338 e. The van der Waals surface area contributed by atoms with Crippen molar-refractivity contribution < 1.29 is 14.3 Å². The minimum atomic E-state index is -0.582. The first-order chi connectivity index (χ1) is 13.3. The van der Waals surface area contributed by atoms with E-state index in [-0.39, 0.29) is 0 Å². The van der Waals surface area contributed by atoms with Gasteiger partial charge in [0.2, 0.25) is 0 Å². The molecule has 7 heteroatoms. The Morgan fingerprint density at radius 2 is 1.71 bits per heavy atom. The highest BCUT2D eigenvalue weighted by Crippen LogP contribution is 2.25. The molecule has 1 heterocycles. The highest BCUT2D eigenvalue weighted by molar-refractivity contribution is 6.36. The zero-order valence-corrected chi connectivity index (χ0v) is 16.8. The number of halogens is 2. The molecule has 1 amide bonds. The van der Waals surface area contributed by atoms with Gasteiger partial charge in [0, 0.05) is 22.1 Å². The molecule has 0 aliphatic carbocycles. The Labute approximate surface area is 172 Å². The number of nitrogens with one attached hydrogen (secondary N) is 1. The lowest BCUT2D eigenvalue weighted by Gasteiger charge is -2.11. The van der Waals surface area contributed by atoms with E-state index in [1.165, 1.54) is 6.07 Å². The second kappa shape index (κ2) is 8.50. The van der Waals surface area contributed by atoms with Crippen LogP contribution in [-0.2, 0) is 9.53 Å². The first-order valence-electron chi connectivity index (χ1n) is 8.52. The summed E-state index contributed by atoms with van der Waals surface area (Å²) < 4.78 is 7.16. The van der Waals surface area contributed by atoms with Crippen LogP contribution in [0, 0.1) is 13.8 Å². The number of carbonyl (C=O) groups excluding carboxylic acids is 2. The first-order valence-corrected chi connectivity index (χ1v) is 9.28. The highest BCUT2D eigenvalue weighted by atomic mass is 35.5. The molecule has 0 bridgehead atoms. The summed E-state index contributed by atoms with van der Waals surface area (Å²) in [6, 6.07) is 15.8. The van der Waals surface area contributed by atoms with Crippen molar-refractivity contribution in [1.29, 1.82) is 0 Å². The molecule has 0 spiro atoms. The quantitative estimate of drug-likeness (QED) is 0.581. The lowest BCUT2D eigenvalue weighted by atomic mass is 10.2. The smallest absolute Gasteiger partial charge is 0.338 e. The molecular formula is C21H18Cl2N2O3. The van der Waals surface area contributed by atoms with E-state index >= 15 is 0 Å². The largest absolute Gasteiger partial charge is 0.452 e. The molecule has 0 atom stereocenters. The number of amides is 1. The molecular weight excluding hydrogens is 399 g/mol. The average molecular weight is 417 g/mol. The average Bonchev–Trinajstić information content (AvgIpc) is 3.00. The third-order valence-electron chi connectivity index (χ3n) is 4.15. The second-order valence-corrected chi connectivity index (χ2v) is 7.09. The molecule has 0 aliphatic heterocycles. The normalized spacial score (nSPS) is 10.6. The van der Waals surface area contributed by atoms with Crippen LogP contribution in [0.4, 0.5) is 5.69 Å². The predicted molar refractivity (Wildman–Crippen MR) is 111 cm³/mol. The molecule has 3 rings (SSSR count). The Bertz CT molecular complexity index is 1020. The fourth-order valence-electron chi connectivity index (χ4n) is 2.84. The SMILES string of the molecule is Cc1ccc(C)n1-c1cccc(C(=O)OCC(=O)Nc2ccc(Cl)cc2Cl)c1. The molecule has 1 aromatic heterocycles. The van der Waals surface area contributed by atoms with Crippen LogP contribution in [0.2, 0.25) is 10.0 Å². The number of anilines is 1. The summed E-state index contributed by atoms with van der Waals surface area (Å²) >= 11 is 11.8. The molecule has 0 saturated heterocycles. The zero-order chi connectivity index (χ0) is 20.3. The molecule has 2 aromatic carbocycles. The minimum Gasteiger partial charge on any atom is -0.452 e. The summed E-state index contributed by atoms with van der Waals surface area (Å²) in [5.41, 5.74) is 3.73. The monoisotopic (exact) mass is 416 g/mol. The number of hydrogen-bond acceptors (Lipinski definition) is 3. The number of benzene rings is 2. The summed E-state index contributed by atoms with van der Waals surface area (Å²) in [6.07, 6.45) is 0. The molecule has 0 aliphatic rings. The second-order valence-electron chi connectivity index (χ2n) is 6.25. The topological polar surface area (TPSA) is 60.3 Å². The lowest BCUT2D eigenvalue weighted by molar-refractivity contribution is -0.119. The molecule has 5 nitrogen and oxygen atoms in total. The molecule has 0 radical (unpaired) electrons. The number of carbonyl (C=O) groups is 2. The first kappa shape index (κ1) is 20.0. The summed E-state index contributed by atoms with van der Waals surface area (Å²) in [5.74, 6) is -1.08. The molecule has 144 valence electrons. The van der Waals surface area contributed by atoms with Gasteiger partial charge in [0.05, 0.1) is 16.3 Å². The molecule has 0 fully saturated rings. The summed E-state index contributed by atoms with van der Waals surface area (Å²) in [4.78, 5) is 24.4. The Morgan fingerprint density at radius 3 is 2.39 bits per heavy atom. The number of aryl methyl sites for hydroxylation is 2. The van der Waals surface area contributed by atoms with E-state index in [1.807, 2.05) is 36.6 Å². The Balaban J connectivity index is 1.65. The number of nitrogens with zero attached hydrogens (tertiary/aromatic N) is 1. The van der Waals surface area contributed by atoms with Gasteiger partial charge in [0.15, 0.2) is 6.61 Å². The van der Waals surface area contributed by atoms with Gasteiger partial charge in [-0.15, -0.1) is 0 Å². The lowest BCUT2D eigenvalue weighted by Crippen LogP contribution is -2.21. The fraction of sp³-hybridized carbons (Fsp3) is 0.143. The summed E-state index contributed by atoms with van der Waals surface area (Å²) in [6.45, 7) is 3.55. The van der Waals surface area contributed by atoms with Gasteiger partial charge in [0.25, 0.3) is 5.91 Å². The van der Waals surface area contributed by atoms with Gasteiger partial charge in [-0.05, 0) is 62.4 Å². The van der Waals surface area contributed by atoms with Gasteiger partial charge in [-0.3, -0.25) is 4.79 Å². The Kier molecular flexibility index (Phi) is 6.07. The number of rotatable bonds is 5. The van der Waals surface area contributed by atoms with Crippen molar-refractivity contribution in [2.24, 2.45) is 0 Å². The van der Waals surface area contributed by atoms with Crippen molar-refractivity contribution in [2.75, 3.05) is 11.9 Å². The van der Waals surface area contributed by atoms with Gasteiger partial charge < -0.3 is 14.6 Å². The number of aromatic nitrogens is 1. The summed E-state index contributed by atoms with van der Waals surface area (Å²) in [5, 5.41) is 3.35. The number of esters is 1. The van der Waals surface area contributed by atoms with Crippen LogP contribution in [0.5, 0.6) is 0 Å². The van der Waals surface area contributed by atoms with E-state index in [0.29, 0.717) is 21.3 Å². The van der Waals surface area contributed by atoms with Crippen LogP contribution < -0.4 is 5.32 Å². The standard InChI is InChI=1S/C21H18Cl2N2O3/c1-13-6-7-14(2)25(13)17-5-3-4-15(10-17)21(27)28-12-20(26)24-19-9-8-16(22)11-18(19)23/h3-11H,12H2,1-2H3,(H,24,26). The van der Waals surface area contributed by atoms with Gasteiger partial charge in [-0.1, -0.05) is 29.3 Å². The predicted octanol–water partition coefficient (Wildman–Crippen LogP) is 5.20. The number of ether oxygens (including phenoxy) is 1. The van der Waals surface area contributed by atoms with Crippen LogP contribution in [0.3, 0.4) is 0 Å². The molecule has 0 unspecified atom stereocenters. The maximum absolute atomic E-state index is 12.3. The number of hydrogen-bond donors (Lipinski definition) is 1. The van der Waals surface area contributed by atoms with Crippen LogP contribution >= 0.6 is 23.2 Å². The minimum absolute atomic E-state index is 0.303. The van der Waals surface area contributed by atoms with E-state index in [4.69, 9.17) is 27.9 Å². The van der Waals surface area contributed by atoms with Crippen molar-refractivity contribution in [3.63, 3.8) is 0 Å². The van der Waals surface area contributed by atoms with E-state index in [1.54, 1.807) is 30.3 Å². The maximum atomic E-state index is 12.3.